The Kier molecular flexibility index (Phi) is 7.25. The van der Waals surface area contributed by atoms with Crippen molar-refractivity contribution in [3.8, 4) is 23.0 Å². The first kappa shape index (κ1) is 26.3. The third kappa shape index (κ3) is 4.37. The van der Waals surface area contributed by atoms with E-state index in [0.717, 1.165) is 11.4 Å². The van der Waals surface area contributed by atoms with Crippen molar-refractivity contribution in [2.45, 2.75) is 37.1 Å². The Balaban J connectivity index is 1.45. The molecule has 206 valence electrons. The van der Waals surface area contributed by atoms with Crippen molar-refractivity contribution in [1.29, 1.82) is 0 Å². The molecule has 0 amide bonds. The lowest BCUT2D eigenvalue weighted by atomic mass is 9.84. The molecule has 38 heavy (non-hydrogen) atoms. The largest absolute Gasteiger partial charge is 0.504 e. The summed E-state index contributed by atoms with van der Waals surface area (Å²) in [7, 11) is 2.89. The second-order valence-corrected chi connectivity index (χ2v) is 9.59. The van der Waals surface area contributed by atoms with Crippen LogP contribution >= 0.6 is 0 Å². The molecule has 3 aliphatic heterocycles. The summed E-state index contributed by atoms with van der Waals surface area (Å²) in [6.45, 7) is 2.15. The van der Waals surface area contributed by atoms with Gasteiger partial charge < -0.3 is 49.4 Å². The van der Waals surface area contributed by atoms with Crippen LogP contribution in [0.1, 0.15) is 27.6 Å². The van der Waals surface area contributed by atoms with E-state index in [-0.39, 0.29) is 29.0 Å². The number of phenolic OH excluding ortho intramolecular Hbond substituents is 2. The first-order chi connectivity index (χ1) is 18.3. The summed E-state index contributed by atoms with van der Waals surface area (Å²) in [5.41, 5.74) is 1.12. The number of ether oxygens (including phenoxy) is 4. The van der Waals surface area contributed by atoms with Crippen molar-refractivity contribution < 1.29 is 49.3 Å². The molecular formula is C26H32N2O10. The Morgan fingerprint density at radius 3 is 2.42 bits per heavy atom. The third-order valence-electron chi connectivity index (χ3n) is 7.52. The van der Waals surface area contributed by atoms with E-state index >= 15 is 0 Å². The van der Waals surface area contributed by atoms with Gasteiger partial charge in [0.05, 0.1) is 26.4 Å². The van der Waals surface area contributed by atoms with Gasteiger partial charge >= 0.3 is 5.97 Å². The van der Waals surface area contributed by atoms with Gasteiger partial charge in [0.2, 0.25) is 5.75 Å². The van der Waals surface area contributed by atoms with Crippen LogP contribution in [0.3, 0.4) is 0 Å². The molecule has 2 aromatic carbocycles. The molecule has 12 nitrogen and oxygen atoms in total. The Morgan fingerprint density at radius 1 is 1.03 bits per heavy atom. The molecule has 3 heterocycles. The minimum Gasteiger partial charge on any atom is -0.504 e. The van der Waals surface area contributed by atoms with Gasteiger partial charge in [0.25, 0.3) is 0 Å². The van der Waals surface area contributed by atoms with Crippen LogP contribution in [0, 0.1) is 0 Å². The molecular weight excluding hydrogens is 500 g/mol. The van der Waals surface area contributed by atoms with E-state index in [1.165, 1.54) is 7.11 Å². The van der Waals surface area contributed by atoms with Crippen molar-refractivity contribution in [2.75, 3.05) is 51.9 Å². The first-order valence-corrected chi connectivity index (χ1v) is 12.4. The molecule has 5 rings (SSSR count). The van der Waals surface area contributed by atoms with Gasteiger partial charge in [-0.3, -0.25) is 4.90 Å². The van der Waals surface area contributed by atoms with Gasteiger partial charge in [-0.25, -0.2) is 4.79 Å². The van der Waals surface area contributed by atoms with Crippen molar-refractivity contribution in [3.05, 3.63) is 41.0 Å². The summed E-state index contributed by atoms with van der Waals surface area (Å²) < 4.78 is 21.8. The number of carbonyl (C=O) groups is 1. The van der Waals surface area contributed by atoms with Crippen LogP contribution in [0.4, 0.5) is 5.69 Å². The number of benzene rings is 2. The molecule has 3 aliphatic rings. The number of aliphatic hydroxyl groups excluding tert-OH is 3. The van der Waals surface area contributed by atoms with Crippen LogP contribution < -0.4 is 14.4 Å². The quantitative estimate of drug-likeness (QED) is 0.320. The van der Waals surface area contributed by atoms with Crippen molar-refractivity contribution in [1.82, 2.24) is 4.90 Å². The number of hydrogen-bond acceptors (Lipinski definition) is 12. The normalized spacial score (nSPS) is 27.3. The summed E-state index contributed by atoms with van der Waals surface area (Å²) >= 11 is 0. The number of anilines is 1. The highest BCUT2D eigenvalue weighted by atomic mass is 16.6. The minimum absolute atomic E-state index is 0.0182. The Morgan fingerprint density at radius 2 is 1.76 bits per heavy atom. The highest BCUT2D eigenvalue weighted by Gasteiger charge is 2.53. The molecule has 0 radical (unpaired) electrons. The van der Waals surface area contributed by atoms with Crippen LogP contribution in [-0.2, 0) is 16.0 Å². The highest BCUT2D eigenvalue weighted by molar-refractivity contribution is 5.97. The van der Waals surface area contributed by atoms with Crippen molar-refractivity contribution in [2.24, 2.45) is 0 Å². The number of aliphatic hydroxyl groups is 3. The van der Waals surface area contributed by atoms with Crippen molar-refractivity contribution >= 4 is 11.7 Å². The number of rotatable bonds is 6. The molecule has 2 fully saturated rings. The molecule has 12 heteroatoms. The van der Waals surface area contributed by atoms with E-state index < -0.39 is 54.6 Å². The van der Waals surface area contributed by atoms with Gasteiger partial charge in [-0.15, -0.1) is 0 Å². The number of methoxy groups -OCH3 is 2. The van der Waals surface area contributed by atoms with E-state index in [0.29, 0.717) is 26.2 Å². The summed E-state index contributed by atoms with van der Waals surface area (Å²) in [4.78, 5) is 17.5. The number of phenols is 2. The van der Waals surface area contributed by atoms with Crippen LogP contribution in [0.2, 0.25) is 0 Å². The van der Waals surface area contributed by atoms with E-state index in [4.69, 9.17) is 18.9 Å². The number of carbonyl (C=O) groups excluding carboxylic acids is 1. The van der Waals surface area contributed by atoms with Crippen molar-refractivity contribution in [3.63, 3.8) is 0 Å². The average molecular weight is 533 g/mol. The summed E-state index contributed by atoms with van der Waals surface area (Å²) in [6, 6.07) is 7.78. The second-order valence-electron chi connectivity index (χ2n) is 9.59. The lowest BCUT2D eigenvalue weighted by Gasteiger charge is -2.45. The minimum atomic E-state index is -1.56. The Hall–Kier alpha value is -3.29. The van der Waals surface area contributed by atoms with Gasteiger partial charge in [-0.2, -0.15) is 0 Å². The fourth-order valence-electron chi connectivity index (χ4n) is 5.46. The Labute approximate surface area is 219 Å². The predicted octanol–water partition coefficient (Wildman–Crippen LogP) is 0.130. The number of fused-ring (bicyclic) bond motifs is 3. The molecule has 0 aromatic heterocycles. The van der Waals surface area contributed by atoms with E-state index in [1.807, 2.05) is 24.3 Å². The standard InChI is InChI=1S/C26H32N2O10/c1-35-14-5-3-4-13(10-14)28-8-6-27(7-9-28)11-15-17-18(21(32)24(36-2)19(15)30)23-25(38-26(17)34)22(33)20(31)16(12-29)37-23/h3-5,10,16,20,22-23,25,29-33H,6-9,11-12H2,1-2H3/t16-,20-,22+,23+,25+/m1/s1. The lowest BCUT2D eigenvalue weighted by Crippen LogP contribution is -2.58. The summed E-state index contributed by atoms with van der Waals surface area (Å²) in [5.74, 6) is -1.28. The monoisotopic (exact) mass is 532 g/mol. The van der Waals surface area contributed by atoms with Gasteiger partial charge in [0.15, 0.2) is 17.6 Å². The summed E-state index contributed by atoms with van der Waals surface area (Å²) in [6.07, 6.45) is -6.76. The second kappa shape index (κ2) is 10.5. The average Bonchev–Trinajstić information content (AvgIpc) is 2.93. The zero-order valence-corrected chi connectivity index (χ0v) is 21.1. The summed E-state index contributed by atoms with van der Waals surface area (Å²) in [5, 5.41) is 52.5. The molecule has 5 N–H and O–H groups in total. The van der Waals surface area contributed by atoms with Crippen LogP contribution in [0.5, 0.6) is 23.0 Å². The maximum Gasteiger partial charge on any atom is 0.339 e. The number of piperazine rings is 1. The van der Waals surface area contributed by atoms with Gasteiger partial charge in [-0.1, -0.05) is 6.07 Å². The molecule has 2 aromatic rings. The SMILES string of the molecule is COc1cccc(N2CCN(Cc3c(O)c(OC)c(O)c4c3C(=O)O[C@H]3[C@@H](O)[C@H](O)[C@@H](CO)O[C@@H]43)CC2)c1. The van der Waals surface area contributed by atoms with E-state index in [1.54, 1.807) is 7.11 Å². The number of hydrogen-bond donors (Lipinski definition) is 5. The number of aromatic hydroxyl groups is 2. The predicted molar refractivity (Wildman–Crippen MR) is 133 cm³/mol. The molecule has 0 spiro atoms. The zero-order valence-electron chi connectivity index (χ0n) is 21.1. The smallest absolute Gasteiger partial charge is 0.339 e. The molecule has 0 aliphatic carbocycles. The Bertz CT molecular complexity index is 1200. The van der Waals surface area contributed by atoms with Crippen LogP contribution in [-0.4, -0.2) is 108 Å². The molecule has 0 unspecified atom stereocenters. The molecule has 0 saturated carbocycles. The zero-order chi connectivity index (χ0) is 27.1. The maximum absolute atomic E-state index is 13.2. The molecule has 2 saturated heterocycles. The van der Waals surface area contributed by atoms with Gasteiger partial charge in [-0.05, 0) is 12.1 Å². The van der Waals surface area contributed by atoms with E-state index in [9.17, 15) is 30.3 Å². The van der Waals surface area contributed by atoms with Gasteiger partial charge in [0.1, 0.15) is 30.2 Å². The lowest BCUT2D eigenvalue weighted by molar-refractivity contribution is -0.235. The fourth-order valence-corrected chi connectivity index (χ4v) is 5.46. The van der Waals surface area contributed by atoms with Gasteiger partial charge in [0, 0.05) is 55.6 Å². The fraction of sp³-hybridized carbons (Fsp3) is 0.500. The number of esters is 1. The molecule has 0 bridgehead atoms. The first-order valence-electron chi connectivity index (χ1n) is 12.4. The number of nitrogens with zero attached hydrogens (tertiary/aromatic N) is 2. The van der Waals surface area contributed by atoms with Crippen LogP contribution in [0.15, 0.2) is 24.3 Å². The molecule has 5 atom stereocenters. The van der Waals surface area contributed by atoms with E-state index in [2.05, 4.69) is 9.80 Å². The maximum atomic E-state index is 13.2. The van der Waals surface area contributed by atoms with Crippen LogP contribution in [0.25, 0.3) is 0 Å². The highest BCUT2D eigenvalue weighted by Crippen LogP contribution is 2.52. The topological polar surface area (TPSA) is 162 Å². The third-order valence-corrected chi connectivity index (χ3v) is 7.52.